The molecular formula is C13H22N2OS. The predicted octanol–water partition coefficient (Wildman–Crippen LogP) is 2.35. The fourth-order valence-corrected chi connectivity index (χ4v) is 3.23. The van der Waals surface area contributed by atoms with Crippen molar-refractivity contribution < 1.29 is 4.21 Å². The molecule has 0 aromatic rings. The molecule has 2 N–H and O–H groups in total. The fourth-order valence-electron chi connectivity index (χ4n) is 2.88. The number of nitrogens with zero attached hydrogens (tertiary/aromatic N) is 1. The third-order valence-electron chi connectivity index (χ3n) is 4.22. The van der Waals surface area contributed by atoms with Gasteiger partial charge in [0.2, 0.25) is 0 Å². The second-order valence-electron chi connectivity index (χ2n) is 6.25. The van der Waals surface area contributed by atoms with E-state index in [1.54, 1.807) is 0 Å². The minimum Gasteiger partial charge on any atom is -0.251 e. The van der Waals surface area contributed by atoms with Crippen molar-refractivity contribution in [1.29, 1.82) is 5.26 Å². The van der Waals surface area contributed by atoms with Crippen LogP contribution in [0.1, 0.15) is 46.0 Å². The molecule has 2 aliphatic carbocycles. The highest BCUT2D eigenvalue weighted by Crippen LogP contribution is 2.53. The van der Waals surface area contributed by atoms with E-state index in [0.717, 1.165) is 11.8 Å². The Hall–Kier alpha value is -0.400. The Balaban J connectivity index is 2.04. The van der Waals surface area contributed by atoms with E-state index in [1.165, 1.54) is 25.7 Å². The first kappa shape index (κ1) is 13.0. The van der Waals surface area contributed by atoms with Crippen LogP contribution in [-0.4, -0.2) is 8.96 Å². The maximum absolute atomic E-state index is 11.5. The lowest BCUT2D eigenvalue weighted by atomic mass is 9.80. The van der Waals surface area contributed by atoms with Crippen LogP contribution in [0.5, 0.6) is 0 Å². The van der Waals surface area contributed by atoms with Gasteiger partial charge < -0.3 is 0 Å². The molecule has 2 fully saturated rings. The number of nitrogens with two attached hydrogens (primary N) is 1. The van der Waals surface area contributed by atoms with Crippen molar-refractivity contribution in [2.75, 3.05) is 0 Å². The molecule has 0 radical (unpaired) electrons. The molecule has 2 aliphatic rings. The molecule has 0 aromatic heterocycles. The van der Waals surface area contributed by atoms with Gasteiger partial charge in [-0.25, -0.2) is 4.21 Å². The van der Waals surface area contributed by atoms with Gasteiger partial charge in [-0.15, -0.1) is 0 Å². The highest BCUT2D eigenvalue weighted by Gasteiger charge is 2.47. The lowest BCUT2D eigenvalue weighted by Gasteiger charge is -2.29. The Bertz CT molecular complexity index is 341. The quantitative estimate of drug-likeness (QED) is 0.790. The van der Waals surface area contributed by atoms with Gasteiger partial charge in [0.25, 0.3) is 0 Å². The molecule has 0 amide bonds. The molecule has 2 rings (SSSR count). The summed E-state index contributed by atoms with van der Waals surface area (Å²) in [5, 5.41) is 14.9. The summed E-state index contributed by atoms with van der Waals surface area (Å²) in [7, 11) is -1.35. The first-order valence-corrected chi connectivity index (χ1v) is 7.73. The Kier molecular flexibility index (Phi) is 3.61. The summed E-state index contributed by atoms with van der Waals surface area (Å²) in [6.07, 6.45) is 5.80. The molecule has 2 atom stereocenters. The molecule has 17 heavy (non-hydrogen) atoms. The van der Waals surface area contributed by atoms with Gasteiger partial charge in [0, 0.05) is 0 Å². The van der Waals surface area contributed by atoms with Crippen molar-refractivity contribution in [2.24, 2.45) is 28.8 Å². The van der Waals surface area contributed by atoms with Gasteiger partial charge in [0.05, 0.1) is 27.7 Å². The molecule has 4 heteroatoms. The SMILES string of the molecule is CC(C)(C[C@H](C#N)C(C1CC1)C1CC1)S(N)=O. The molecule has 96 valence electrons. The van der Waals surface area contributed by atoms with Crippen molar-refractivity contribution in [1.82, 2.24) is 0 Å². The van der Waals surface area contributed by atoms with Gasteiger partial charge in [0.1, 0.15) is 0 Å². The van der Waals surface area contributed by atoms with Gasteiger partial charge in [-0.2, -0.15) is 5.26 Å². The molecular weight excluding hydrogens is 232 g/mol. The minimum atomic E-state index is -1.35. The van der Waals surface area contributed by atoms with Crippen LogP contribution in [0.15, 0.2) is 0 Å². The monoisotopic (exact) mass is 254 g/mol. The number of rotatable bonds is 6. The second-order valence-corrected chi connectivity index (χ2v) is 7.95. The summed E-state index contributed by atoms with van der Waals surface area (Å²) < 4.78 is 11.0. The van der Waals surface area contributed by atoms with Crippen molar-refractivity contribution in [3.63, 3.8) is 0 Å². The molecule has 0 saturated heterocycles. The van der Waals surface area contributed by atoms with Gasteiger partial charge in [0.15, 0.2) is 0 Å². The van der Waals surface area contributed by atoms with Crippen LogP contribution in [0.4, 0.5) is 0 Å². The van der Waals surface area contributed by atoms with Crippen molar-refractivity contribution >= 4 is 11.0 Å². The van der Waals surface area contributed by atoms with E-state index in [-0.39, 0.29) is 5.92 Å². The summed E-state index contributed by atoms with van der Waals surface area (Å²) in [5.74, 6) is 2.10. The Labute approximate surface area is 106 Å². The van der Waals surface area contributed by atoms with Gasteiger partial charge in [-0.3, -0.25) is 5.14 Å². The van der Waals surface area contributed by atoms with E-state index in [2.05, 4.69) is 6.07 Å². The van der Waals surface area contributed by atoms with Crippen LogP contribution >= 0.6 is 0 Å². The second kappa shape index (κ2) is 4.70. The average molecular weight is 254 g/mol. The van der Waals surface area contributed by atoms with E-state index in [1.807, 2.05) is 13.8 Å². The highest BCUT2D eigenvalue weighted by atomic mass is 32.2. The summed E-state index contributed by atoms with van der Waals surface area (Å²) >= 11 is 0. The summed E-state index contributed by atoms with van der Waals surface area (Å²) in [6.45, 7) is 3.81. The van der Waals surface area contributed by atoms with E-state index < -0.39 is 15.7 Å². The van der Waals surface area contributed by atoms with E-state index in [9.17, 15) is 9.47 Å². The first-order chi connectivity index (χ1) is 7.95. The third-order valence-corrected chi connectivity index (χ3v) is 5.48. The summed E-state index contributed by atoms with van der Waals surface area (Å²) in [6, 6.07) is 2.47. The van der Waals surface area contributed by atoms with Crippen LogP contribution in [0.3, 0.4) is 0 Å². The van der Waals surface area contributed by atoms with E-state index >= 15 is 0 Å². The molecule has 1 unspecified atom stereocenters. The van der Waals surface area contributed by atoms with Crippen LogP contribution in [0.2, 0.25) is 0 Å². The van der Waals surface area contributed by atoms with Gasteiger partial charge in [-0.1, -0.05) is 0 Å². The molecule has 3 nitrogen and oxygen atoms in total. The summed E-state index contributed by atoms with van der Waals surface area (Å²) in [4.78, 5) is 0. The maximum atomic E-state index is 11.5. The molecule has 0 bridgehead atoms. The molecule has 0 aliphatic heterocycles. The zero-order valence-electron chi connectivity index (χ0n) is 10.7. The fraction of sp³-hybridized carbons (Fsp3) is 0.923. The average Bonchev–Trinajstić information content (AvgIpc) is 3.10. The predicted molar refractivity (Wildman–Crippen MR) is 69.1 cm³/mol. The highest BCUT2D eigenvalue weighted by molar-refractivity contribution is 7.84. The maximum Gasteiger partial charge on any atom is 0.0946 e. The molecule has 0 heterocycles. The molecule has 0 spiro atoms. The number of hydrogen-bond donors (Lipinski definition) is 1. The largest absolute Gasteiger partial charge is 0.251 e. The van der Waals surface area contributed by atoms with Crippen LogP contribution in [0.25, 0.3) is 0 Å². The Morgan fingerprint density at radius 1 is 1.35 bits per heavy atom. The summed E-state index contributed by atoms with van der Waals surface area (Å²) in [5.41, 5.74) is 0. The van der Waals surface area contributed by atoms with Crippen LogP contribution in [-0.2, 0) is 11.0 Å². The van der Waals surface area contributed by atoms with Gasteiger partial charge in [-0.05, 0) is 63.7 Å². The smallest absolute Gasteiger partial charge is 0.0946 e. The van der Waals surface area contributed by atoms with Crippen molar-refractivity contribution in [3.8, 4) is 6.07 Å². The zero-order valence-corrected chi connectivity index (χ0v) is 11.5. The molecule has 2 saturated carbocycles. The Morgan fingerprint density at radius 2 is 1.82 bits per heavy atom. The number of nitriles is 1. The third kappa shape index (κ3) is 3.08. The minimum absolute atomic E-state index is 0.0394. The standard InChI is InChI=1S/C13H22N2OS/c1-13(2,17(15)16)7-11(8-14)12(9-3-4-9)10-5-6-10/h9-12H,3-7,15H2,1-2H3/t11-,17?/m1/s1. The van der Waals surface area contributed by atoms with E-state index in [4.69, 9.17) is 5.14 Å². The number of hydrogen-bond acceptors (Lipinski definition) is 2. The zero-order chi connectivity index (χ0) is 12.6. The van der Waals surface area contributed by atoms with Crippen LogP contribution < -0.4 is 5.14 Å². The van der Waals surface area contributed by atoms with Crippen molar-refractivity contribution in [3.05, 3.63) is 0 Å². The van der Waals surface area contributed by atoms with Crippen LogP contribution in [0, 0.1) is 35.0 Å². The lowest BCUT2D eigenvalue weighted by molar-refractivity contribution is 0.283. The Morgan fingerprint density at radius 3 is 2.12 bits per heavy atom. The lowest BCUT2D eigenvalue weighted by Crippen LogP contribution is -2.36. The first-order valence-electron chi connectivity index (χ1n) is 6.51. The van der Waals surface area contributed by atoms with Crippen molar-refractivity contribution in [2.45, 2.75) is 50.7 Å². The van der Waals surface area contributed by atoms with E-state index in [0.29, 0.717) is 12.3 Å². The van der Waals surface area contributed by atoms with Gasteiger partial charge >= 0.3 is 0 Å². The normalized spacial score (nSPS) is 24.4. The topological polar surface area (TPSA) is 66.9 Å². The molecule has 0 aromatic carbocycles.